The van der Waals surface area contributed by atoms with Crippen LogP contribution in [0.15, 0.2) is 42.6 Å². The van der Waals surface area contributed by atoms with Gasteiger partial charge in [0.2, 0.25) is 17.7 Å². The SMILES string of the molecule is COc1ccc(F)cc1C1=CCCN(C(=O)/C=C/c2cnc3c(c2)CN2CCN(C(C)=O)CC2C(=O)N3)CC1. The van der Waals surface area contributed by atoms with E-state index in [1.807, 2.05) is 12.1 Å². The van der Waals surface area contributed by atoms with Crippen LogP contribution >= 0.6 is 0 Å². The number of aromatic nitrogens is 1. The van der Waals surface area contributed by atoms with Gasteiger partial charge in [0.05, 0.1) is 7.11 Å². The number of hydrogen-bond acceptors (Lipinski definition) is 6. The van der Waals surface area contributed by atoms with Crippen LogP contribution in [0, 0.1) is 5.82 Å². The van der Waals surface area contributed by atoms with Gasteiger partial charge in [0.1, 0.15) is 23.4 Å². The molecule has 204 valence electrons. The highest BCUT2D eigenvalue weighted by atomic mass is 19.1. The van der Waals surface area contributed by atoms with Crippen molar-refractivity contribution < 1.29 is 23.5 Å². The van der Waals surface area contributed by atoms with Gasteiger partial charge in [0.25, 0.3) is 0 Å². The van der Waals surface area contributed by atoms with Crippen molar-refractivity contribution in [2.75, 3.05) is 45.2 Å². The van der Waals surface area contributed by atoms with E-state index in [4.69, 9.17) is 4.74 Å². The lowest BCUT2D eigenvalue weighted by Crippen LogP contribution is -2.57. The Hall–Kier alpha value is -4.05. The first-order chi connectivity index (χ1) is 18.8. The molecule has 3 aliphatic heterocycles. The molecule has 10 heteroatoms. The second-order valence-corrected chi connectivity index (χ2v) is 9.99. The van der Waals surface area contributed by atoms with E-state index < -0.39 is 6.04 Å². The Kier molecular flexibility index (Phi) is 7.74. The van der Waals surface area contributed by atoms with Gasteiger partial charge < -0.3 is 19.9 Å². The predicted molar refractivity (Wildman–Crippen MR) is 145 cm³/mol. The summed E-state index contributed by atoms with van der Waals surface area (Å²) in [4.78, 5) is 47.6. The molecular formula is C29H32FN5O4. The number of carbonyl (C=O) groups is 3. The molecule has 1 N–H and O–H groups in total. The van der Waals surface area contributed by atoms with Gasteiger partial charge in [0, 0.05) is 69.6 Å². The van der Waals surface area contributed by atoms with Gasteiger partial charge in [-0.1, -0.05) is 6.08 Å². The lowest BCUT2D eigenvalue weighted by molar-refractivity contribution is -0.134. The molecule has 1 fully saturated rings. The molecule has 0 radical (unpaired) electrons. The summed E-state index contributed by atoms with van der Waals surface area (Å²) in [6, 6.07) is 5.98. The quantitative estimate of drug-likeness (QED) is 0.608. The van der Waals surface area contributed by atoms with E-state index in [2.05, 4.69) is 15.2 Å². The summed E-state index contributed by atoms with van der Waals surface area (Å²) in [6.45, 7) is 4.65. The smallest absolute Gasteiger partial charge is 0.246 e. The molecule has 0 aliphatic carbocycles. The molecule has 3 aliphatic rings. The average Bonchev–Trinajstić information content (AvgIpc) is 3.26. The standard InChI is InChI=1S/C29H32FN5O4/c1-19(36)34-12-13-35-17-22-14-20(16-31-28(22)32-29(38)25(35)18-34)5-8-27(37)33-10-3-4-21(9-11-33)24-15-23(30)6-7-26(24)39-2/h4-8,14-16,25H,3,9-13,17-18H2,1-2H3,(H,31,32,38)/b8-5+. The number of ether oxygens (including phenoxy) is 1. The van der Waals surface area contributed by atoms with E-state index in [1.165, 1.54) is 19.1 Å². The number of anilines is 1. The third-order valence-corrected chi connectivity index (χ3v) is 7.52. The van der Waals surface area contributed by atoms with Gasteiger partial charge in [0.15, 0.2) is 0 Å². The molecule has 0 spiro atoms. The predicted octanol–water partition coefficient (Wildman–Crippen LogP) is 2.93. The zero-order valence-corrected chi connectivity index (χ0v) is 22.2. The largest absolute Gasteiger partial charge is 0.496 e. The van der Waals surface area contributed by atoms with E-state index in [-0.39, 0.29) is 23.5 Å². The van der Waals surface area contributed by atoms with Crippen LogP contribution in [0.25, 0.3) is 11.6 Å². The van der Waals surface area contributed by atoms with Gasteiger partial charge in [-0.2, -0.15) is 0 Å². The molecule has 3 amide bonds. The molecule has 4 heterocycles. The molecule has 1 aromatic heterocycles. The van der Waals surface area contributed by atoms with Crippen molar-refractivity contribution in [2.45, 2.75) is 32.4 Å². The fourth-order valence-electron chi connectivity index (χ4n) is 5.35. The van der Waals surface area contributed by atoms with Crippen molar-refractivity contribution in [3.05, 3.63) is 65.1 Å². The van der Waals surface area contributed by atoms with E-state index in [0.29, 0.717) is 63.7 Å². The number of pyridine rings is 1. The Morgan fingerprint density at radius 3 is 2.79 bits per heavy atom. The fourth-order valence-corrected chi connectivity index (χ4v) is 5.35. The third-order valence-electron chi connectivity index (χ3n) is 7.52. The second kappa shape index (κ2) is 11.4. The van der Waals surface area contributed by atoms with E-state index in [0.717, 1.165) is 22.3 Å². The van der Waals surface area contributed by atoms with Crippen molar-refractivity contribution in [2.24, 2.45) is 0 Å². The number of halogens is 1. The Balaban J connectivity index is 1.24. The maximum atomic E-state index is 13.9. The summed E-state index contributed by atoms with van der Waals surface area (Å²) < 4.78 is 19.3. The summed E-state index contributed by atoms with van der Waals surface area (Å²) in [7, 11) is 1.56. The summed E-state index contributed by atoms with van der Waals surface area (Å²) in [5, 5.41) is 2.89. The molecule has 1 unspecified atom stereocenters. The number of piperazine rings is 1. The van der Waals surface area contributed by atoms with Gasteiger partial charge in [-0.25, -0.2) is 9.37 Å². The number of carbonyl (C=O) groups excluding carboxylic acids is 3. The minimum Gasteiger partial charge on any atom is -0.496 e. The lowest BCUT2D eigenvalue weighted by Gasteiger charge is -2.38. The molecule has 9 nitrogen and oxygen atoms in total. The Morgan fingerprint density at radius 1 is 1.15 bits per heavy atom. The van der Waals surface area contributed by atoms with Crippen LogP contribution in [0.5, 0.6) is 5.75 Å². The number of benzene rings is 1. The Bertz CT molecular complexity index is 1360. The molecule has 1 aromatic carbocycles. The normalized spacial score (nSPS) is 19.9. The number of fused-ring (bicyclic) bond motifs is 2. The van der Waals surface area contributed by atoms with Crippen LogP contribution in [-0.2, 0) is 20.9 Å². The molecule has 1 saturated heterocycles. The molecule has 39 heavy (non-hydrogen) atoms. The Labute approximate surface area is 226 Å². The molecule has 1 atom stereocenters. The van der Waals surface area contributed by atoms with Crippen molar-refractivity contribution in [1.82, 2.24) is 19.7 Å². The van der Waals surface area contributed by atoms with Crippen LogP contribution in [0.3, 0.4) is 0 Å². The Morgan fingerprint density at radius 2 is 2.00 bits per heavy atom. The molecular weight excluding hydrogens is 501 g/mol. The van der Waals surface area contributed by atoms with Gasteiger partial charge in [-0.3, -0.25) is 19.3 Å². The number of hydrogen-bond donors (Lipinski definition) is 1. The topological polar surface area (TPSA) is 95.1 Å². The number of nitrogens with zero attached hydrogens (tertiary/aromatic N) is 4. The maximum Gasteiger partial charge on any atom is 0.246 e. The summed E-state index contributed by atoms with van der Waals surface area (Å²) >= 11 is 0. The fraction of sp³-hybridized carbons (Fsp3) is 0.379. The molecule has 5 rings (SSSR count). The van der Waals surface area contributed by atoms with Gasteiger partial charge in [-0.05, 0) is 54.3 Å². The first-order valence-electron chi connectivity index (χ1n) is 13.1. The minimum atomic E-state index is -0.425. The average molecular weight is 534 g/mol. The van der Waals surface area contributed by atoms with Crippen LogP contribution in [0.4, 0.5) is 10.2 Å². The highest BCUT2D eigenvalue weighted by molar-refractivity contribution is 5.96. The zero-order chi connectivity index (χ0) is 27.5. The summed E-state index contributed by atoms with van der Waals surface area (Å²) in [5.41, 5.74) is 3.31. The van der Waals surface area contributed by atoms with Crippen molar-refractivity contribution in [3.8, 4) is 5.75 Å². The third kappa shape index (κ3) is 5.85. The second-order valence-electron chi connectivity index (χ2n) is 9.99. The lowest BCUT2D eigenvalue weighted by atomic mass is 10.0. The number of nitrogens with one attached hydrogen (secondary N) is 1. The van der Waals surface area contributed by atoms with Crippen molar-refractivity contribution in [1.29, 1.82) is 0 Å². The molecule has 2 aromatic rings. The number of rotatable bonds is 4. The van der Waals surface area contributed by atoms with Crippen LogP contribution < -0.4 is 10.1 Å². The minimum absolute atomic E-state index is 0.0375. The van der Waals surface area contributed by atoms with E-state index >= 15 is 0 Å². The number of methoxy groups -OCH3 is 1. The first kappa shape index (κ1) is 26.6. The van der Waals surface area contributed by atoms with Crippen LogP contribution in [-0.4, -0.2) is 83.3 Å². The number of amides is 3. The highest BCUT2D eigenvalue weighted by Crippen LogP contribution is 2.31. The molecule has 0 bridgehead atoms. The maximum absolute atomic E-state index is 13.9. The first-order valence-corrected chi connectivity index (χ1v) is 13.1. The molecule has 0 saturated carbocycles. The van der Waals surface area contributed by atoms with E-state index in [1.54, 1.807) is 41.3 Å². The highest BCUT2D eigenvalue weighted by Gasteiger charge is 2.36. The van der Waals surface area contributed by atoms with Crippen molar-refractivity contribution in [3.63, 3.8) is 0 Å². The zero-order valence-electron chi connectivity index (χ0n) is 22.2. The van der Waals surface area contributed by atoms with Crippen LogP contribution in [0.1, 0.15) is 36.5 Å². The van der Waals surface area contributed by atoms with Crippen molar-refractivity contribution >= 4 is 35.2 Å². The van der Waals surface area contributed by atoms with Crippen LogP contribution in [0.2, 0.25) is 0 Å². The monoisotopic (exact) mass is 533 g/mol. The van der Waals surface area contributed by atoms with Gasteiger partial charge >= 0.3 is 0 Å². The summed E-state index contributed by atoms with van der Waals surface area (Å²) in [5.74, 6) is 0.474. The van der Waals surface area contributed by atoms with Gasteiger partial charge in [-0.15, -0.1) is 0 Å². The van der Waals surface area contributed by atoms with E-state index in [9.17, 15) is 18.8 Å². The summed E-state index contributed by atoms with van der Waals surface area (Å²) in [6.07, 6.45) is 8.21.